The number of nitrogens with one attached hydrogen (secondary N) is 1. The van der Waals surface area contributed by atoms with Gasteiger partial charge in [0.05, 0.1) is 5.69 Å². The van der Waals surface area contributed by atoms with E-state index in [9.17, 15) is 0 Å². The Morgan fingerprint density at radius 1 is 1.44 bits per heavy atom. The molecule has 1 fully saturated rings. The van der Waals surface area contributed by atoms with E-state index in [1.54, 1.807) is 0 Å². The monoisotopic (exact) mass is 245 g/mol. The normalized spacial score (nSPS) is 17.2. The fourth-order valence-electron chi connectivity index (χ4n) is 2.51. The topological polar surface area (TPSA) is 55.1 Å². The molecule has 2 aromatic rings. The Balaban J connectivity index is 1.88. The molecule has 5 heteroatoms. The fraction of sp³-hybridized carbons (Fsp3) is 0.615. The number of rotatable bonds is 5. The van der Waals surface area contributed by atoms with E-state index in [0.717, 1.165) is 36.0 Å². The van der Waals surface area contributed by atoms with Crippen molar-refractivity contribution < 1.29 is 0 Å². The van der Waals surface area contributed by atoms with Crippen molar-refractivity contribution >= 4 is 5.65 Å². The lowest BCUT2D eigenvalue weighted by Gasteiger charge is -2.16. The molecule has 1 aliphatic carbocycles. The van der Waals surface area contributed by atoms with Crippen LogP contribution in [0.5, 0.6) is 0 Å². The van der Waals surface area contributed by atoms with Crippen LogP contribution in [0.1, 0.15) is 31.3 Å². The highest BCUT2D eigenvalue weighted by Crippen LogP contribution is 2.34. The summed E-state index contributed by atoms with van der Waals surface area (Å²) in [6.45, 7) is 5.13. The summed E-state index contributed by atoms with van der Waals surface area (Å²) in [5.74, 6) is 1.73. The molecule has 0 amide bonds. The summed E-state index contributed by atoms with van der Waals surface area (Å²) in [5, 5.41) is 11.9. The van der Waals surface area contributed by atoms with Gasteiger partial charge in [-0.25, -0.2) is 0 Å². The van der Waals surface area contributed by atoms with Crippen LogP contribution < -0.4 is 5.32 Å². The molecular weight excluding hydrogens is 226 g/mol. The molecule has 1 N–H and O–H groups in total. The Morgan fingerprint density at radius 2 is 2.28 bits per heavy atom. The van der Waals surface area contributed by atoms with Crippen molar-refractivity contribution in [1.82, 2.24) is 24.9 Å². The van der Waals surface area contributed by atoms with Crippen LogP contribution in [0, 0.1) is 12.8 Å². The second kappa shape index (κ2) is 4.65. The van der Waals surface area contributed by atoms with Crippen molar-refractivity contribution in [3.63, 3.8) is 0 Å². The molecule has 1 unspecified atom stereocenters. The summed E-state index contributed by atoms with van der Waals surface area (Å²) in [5.41, 5.74) is 1.95. The van der Waals surface area contributed by atoms with Gasteiger partial charge in [0, 0.05) is 24.9 Å². The molecule has 0 saturated heterocycles. The Bertz CT molecular complexity index is 543. The summed E-state index contributed by atoms with van der Waals surface area (Å²) < 4.78 is 2.01. The molecule has 0 aromatic carbocycles. The smallest absolute Gasteiger partial charge is 0.182 e. The van der Waals surface area contributed by atoms with Gasteiger partial charge in [0.1, 0.15) is 5.82 Å². The summed E-state index contributed by atoms with van der Waals surface area (Å²) >= 11 is 0. The number of likely N-dealkylation sites (N-methyl/N-ethyl adjacent to an activating group) is 1. The summed E-state index contributed by atoms with van der Waals surface area (Å²) in [7, 11) is 0. The SMILES string of the molecule is CCNC(Cc1nccn2c(C)nnc12)C1CC1. The van der Waals surface area contributed by atoms with Crippen LogP contribution in [0.4, 0.5) is 0 Å². The largest absolute Gasteiger partial charge is 0.314 e. The molecule has 0 spiro atoms. The summed E-state index contributed by atoms with van der Waals surface area (Å²) in [6.07, 6.45) is 7.39. The maximum Gasteiger partial charge on any atom is 0.182 e. The van der Waals surface area contributed by atoms with Gasteiger partial charge in [-0.1, -0.05) is 6.92 Å². The highest BCUT2D eigenvalue weighted by molar-refractivity contribution is 5.43. The molecule has 1 atom stereocenters. The molecule has 96 valence electrons. The third-order valence-corrected chi connectivity index (χ3v) is 3.64. The first-order valence-corrected chi connectivity index (χ1v) is 6.68. The quantitative estimate of drug-likeness (QED) is 0.864. The summed E-state index contributed by atoms with van der Waals surface area (Å²) in [6, 6.07) is 0.533. The Hall–Kier alpha value is -1.49. The zero-order valence-corrected chi connectivity index (χ0v) is 10.9. The first kappa shape index (κ1) is 11.6. The standard InChI is InChI=1S/C13H19N5/c1-3-14-11(10-4-5-10)8-12-13-17-16-9(2)18(13)7-6-15-12/h6-7,10-11,14H,3-5,8H2,1-2H3. The zero-order chi connectivity index (χ0) is 12.5. The lowest BCUT2D eigenvalue weighted by atomic mass is 10.1. The second-order valence-corrected chi connectivity index (χ2v) is 5.02. The first-order valence-electron chi connectivity index (χ1n) is 6.68. The Morgan fingerprint density at radius 3 is 3.00 bits per heavy atom. The van der Waals surface area contributed by atoms with Crippen LogP contribution >= 0.6 is 0 Å². The van der Waals surface area contributed by atoms with E-state index in [1.165, 1.54) is 12.8 Å². The maximum atomic E-state index is 4.49. The van der Waals surface area contributed by atoms with Gasteiger partial charge >= 0.3 is 0 Å². The number of nitrogens with zero attached hydrogens (tertiary/aromatic N) is 4. The molecule has 1 saturated carbocycles. The number of hydrogen-bond acceptors (Lipinski definition) is 4. The predicted octanol–water partition coefficient (Wildman–Crippen LogP) is 1.36. The number of hydrogen-bond donors (Lipinski definition) is 1. The van der Waals surface area contributed by atoms with E-state index in [0.29, 0.717) is 6.04 Å². The number of aryl methyl sites for hydroxylation is 1. The van der Waals surface area contributed by atoms with Crippen LogP contribution in [-0.2, 0) is 6.42 Å². The molecular formula is C13H19N5. The van der Waals surface area contributed by atoms with E-state index < -0.39 is 0 Å². The van der Waals surface area contributed by atoms with Gasteiger partial charge in [0.25, 0.3) is 0 Å². The average molecular weight is 245 g/mol. The molecule has 3 rings (SSSR count). The van der Waals surface area contributed by atoms with Crippen molar-refractivity contribution in [2.75, 3.05) is 6.54 Å². The van der Waals surface area contributed by atoms with E-state index in [4.69, 9.17) is 0 Å². The minimum atomic E-state index is 0.533. The molecule has 2 aromatic heterocycles. The molecule has 18 heavy (non-hydrogen) atoms. The second-order valence-electron chi connectivity index (χ2n) is 5.02. The van der Waals surface area contributed by atoms with Crippen LogP contribution in [0.15, 0.2) is 12.4 Å². The Labute approximate surface area is 107 Å². The first-order chi connectivity index (χ1) is 8.79. The van der Waals surface area contributed by atoms with Crippen molar-refractivity contribution in [3.8, 4) is 0 Å². The van der Waals surface area contributed by atoms with Gasteiger partial charge in [-0.15, -0.1) is 10.2 Å². The predicted molar refractivity (Wildman–Crippen MR) is 69.4 cm³/mol. The van der Waals surface area contributed by atoms with Gasteiger partial charge in [0.15, 0.2) is 5.65 Å². The van der Waals surface area contributed by atoms with Crippen molar-refractivity contribution in [2.24, 2.45) is 5.92 Å². The average Bonchev–Trinajstić information content (AvgIpc) is 3.15. The molecule has 0 aliphatic heterocycles. The van der Waals surface area contributed by atoms with E-state index >= 15 is 0 Å². The number of fused-ring (bicyclic) bond motifs is 1. The molecule has 0 bridgehead atoms. The van der Waals surface area contributed by atoms with Crippen molar-refractivity contribution in [3.05, 3.63) is 23.9 Å². The van der Waals surface area contributed by atoms with Crippen molar-refractivity contribution in [2.45, 2.75) is 39.2 Å². The molecule has 5 nitrogen and oxygen atoms in total. The number of aromatic nitrogens is 4. The maximum absolute atomic E-state index is 4.49. The van der Waals surface area contributed by atoms with Crippen LogP contribution in [0.2, 0.25) is 0 Å². The highest BCUT2D eigenvalue weighted by Gasteiger charge is 2.31. The van der Waals surface area contributed by atoms with E-state index in [1.807, 2.05) is 23.7 Å². The minimum Gasteiger partial charge on any atom is -0.314 e. The van der Waals surface area contributed by atoms with E-state index in [-0.39, 0.29) is 0 Å². The molecule has 2 heterocycles. The van der Waals surface area contributed by atoms with Crippen LogP contribution in [-0.4, -0.2) is 32.2 Å². The summed E-state index contributed by atoms with van der Waals surface area (Å²) in [4.78, 5) is 4.49. The van der Waals surface area contributed by atoms with Gasteiger partial charge in [0.2, 0.25) is 0 Å². The molecule has 1 aliphatic rings. The van der Waals surface area contributed by atoms with Gasteiger partial charge in [-0.05, 0) is 32.2 Å². The highest BCUT2D eigenvalue weighted by atomic mass is 15.2. The van der Waals surface area contributed by atoms with E-state index in [2.05, 4.69) is 27.4 Å². The molecule has 0 radical (unpaired) electrons. The lowest BCUT2D eigenvalue weighted by Crippen LogP contribution is -2.33. The van der Waals surface area contributed by atoms with Crippen LogP contribution in [0.25, 0.3) is 5.65 Å². The third-order valence-electron chi connectivity index (χ3n) is 3.64. The fourth-order valence-corrected chi connectivity index (χ4v) is 2.51. The van der Waals surface area contributed by atoms with Gasteiger partial charge in [-0.2, -0.15) is 0 Å². The van der Waals surface area contributed by atoms with Crippen molar-refractivity contribution in [1.29, 1.82) is 0 Å². The van der Waals surface area contributed by atoms with Crippen LogP contribution in [0.3, 0.4) is 0 Å². The lowest BCUT2D eigenvalue weighted by molar-refractivity contribution is 0.469. The van der Waals surface area contributed by atoms with Gasteiger partial charge < -0.3 is 5.32 Å². The van der Waals surface area contributed by atoms with Gasteiger partial charge in [-0.3, -0.25) is 9.38 Å². The third kappa shape index (κ3) is 2.10. The Kier molecular flexibility index (Phi) is 2.99. The minimum absolute atomic E-state index is 0.533. The zero-order valence-electron chi connectivity index (χ0n) is 10.9.